The van der Waals surface area contributed by atoms with E-state index in [0.29, 0.717) is 24.8 Å². The molecule has 4 rings (SSSR count). The van der Waals surface area contributed by atoms with Gasteiger partial charge in [-0.2, -0.15) is 0 Å². The highest BCUT2D eigenvalue weighted by molar-refractivity contribution is 5.78. The van der Waals surface area contributed by atoms with Crippen molar-refractivity contribution < 1.29 is 9.53 Å². The highest BCUT2D eigenvalue weighted by Gasteiger charge is 2.28. The minimum atomic E-state index is -0.0143. The maximum Gasteiger partial charge on any atom is 0.260 e. The normalized spacial score (nSPS) is 19.5. The lowest BCUT2D eigenvalue weighted by Gasteiger charge is -2.32. The Hall–Kier alpha value is -2.67. The van der Waals surface area contributed by atoms with Crippen LogP contribution in [0.1, 0.15) is 35.8 Å². The molecule has 1 aromatic heterocycles. The molecule has 1 saturated heterocycles. The van der Waals surface area contributed by atoms with Crippen LogP contribution in [0.25, 0.3) is 0 Å². The molecule has 7 nitrogen and oxygen atoms in total. The number of fused-ring (bicyclic) bond motifs is 1. The van der Waals surface area contributed by atoms with E-state index in [1.54, 1.807) is 0 Å². The van der Waals surface area contributed by atoms with Crippen LogP contribution in [0.2, 0.25) is 0 Å². The summed E-state index contributed by atoms with van der Waals surface area (Å²) in [7, 11) is 4.04. The standard InChI is InChI=1S/C22H29N5O2/c1-23-22-18-14-27(20(28)15-29-17-8-4-3-5-9-17)12-10-19(18)24-21(25-22)16-7-6-11-26(2)13-16/h3-5,8-9,16H,6-7,10-15H2,1-2H3,(H,23,24,25)/t16-/m0/s1. The third-order valence-electron chi connectivity index (χ3n) is 5.76. The topological polar surface area (TPSA) is 70.6 Å². The maximum atomic E-state index is 12.7. The van der Waals surface area contributed by atoms with E-state index in [-0.39, 0.29) is 12.5 Å². The number of nitrogens with zero attached hydrogens (tertiary/aromatic N) is 4. The number of carbonyl (C=O) groups excluding carboxylic acids is 1. The zero-order chi connectivity index (χ0) is 20.2. The fraction of sp³-hybridized carbons (Fsp3) is 0.500. The molecule has 2 aliphatic heterocycles. The summed E-state index contributed by atoms with van der Waals surface area (Å²) in [6.07, 6.45) is 3.06. The molecule has 0 saturated carbocycles. The Labute approximate surface area is 172 Å². The number of amides is 1. The van der Waals surface area contributed by atoms with Gasteiger partial charge in [0.25, 0.3) is 5.91 Å². The predicted octanol–water partition coefficient (Wildman–Crippen LogP) is 2.29. The summed E-state index contributed by atoms with van der Waals surface area (Å²) < 4.78 is 5.63. The number of hydrogen-bond acceptors (Lipinski definition) is 6. The van der Waals surface area contributed by atoms with Crippen molar-refractivity contribution in [1.82, 2.24) is 19.8 Å². The summed E-state index contributed by atoms with van der Waals surface area (Å²) in [6, 6.07) is 9.44. The summed E-state index contributed by atoms with van der Waals surface area (Å²) in [5.74, 6) is 2.86. The number of ether oxygens (including phenoxy) is 1. The van der Waals surface area contributed by atoms with Gasteiger partial charge in [-0.15, -0.1) is 0 Å². The maximum absolute atomic E-state index is 12.7. The Kier molecular flexibility index (Phi) is 5.94. The lowest BCUT2D eigenvalue weighted by molar-refractivity contribution is -0.134. The molecule has 1 fully saturated rings. The van der Waals surface area contributed by atoms with Gasteiger partial charge < -0.3 is 19.9 Å². The number of hydrogen-bond donors (Lipinski definition) is 1. The van der Waals surface area contributed by atoms with Crippen molar-refractivity contribution in [2.45, 2.75) is 31.7 Å². The molecular formula is C22H29N5O2. The van der Waals surface area contributed by atoms with Gasteiger partial charge in [-0.25, -0.2) is 9.97 Å². The molecule has 0 radical (unpaired) electrons. The minimum Gasteiger partial charge on any atom is -0.484 e. The summed E-state index contributed by atoms with van der Waals surface area (Å²) in [5.41, 5.74) is 2.10. The van der Waals surface area contributed by atoms with Crippen LogP contribution in [-0.4, -0.2) is 66.0 Å². The minimum absolute atomic E-state index is 0.0143. The van der Waals surface area contributed by atoms with Gasteiger partial charge in [-0.3, -0.25) is 4.79 Å². The van der Waals surface area contributed by atoms with Gasteiger partial charge in [0.15, 0.2) is 6.61 Å². The number of anilines is 1. The van der Waals surface area contributed by atoms with E-state index in [9.17, 15) is 4.79 Å². The second-order valence-corrected chi connectivity index (χ2v) is 7.87. The van der Waals surface area contributed by atoms with Gasteiger partial charge in [0.05, 0.1) is 12.2 Å². The molecule has 7 heteroatoms. The van der Waals surface area contributed by atoms with Crippen LogP contribution >= 0.6 is 0 Å². The lowest BCUT2D eigenvalue weighted by Crippen LogP contribution is -2.40. The number of likely N-dealkylation sites (N-methyl/N-ethyl adjacent to an activating group) is 1. The van der Waals surface area contributed by atoms with E-state index in [2.05, 4.69) is 17.3 Å². The third-order valence-corrected chi connectivity index (χ3v) is 5.76. The van der Waals surface area contributed by atoms with Gasteiger partial charge in [0.2, 0.25) is 0 Å². The molecule has 1 N–H and O–H groups in total. The molecule has 1 aromatic carbocycles. The Bertz CT molecular complexity index is 841. The van der Waals surface area contributed by atoms with E-state index in [1.165, 1.54) is 6.42 Å². The number of likely N-dealkylation sites (tertiary alicyclic amines) is 1. The van der Waals surface area contributed by atoms with Gasteiger partial charge >= 0.3 is 0 Å². The smallest absolute Gasteiger partial charge is 0.260 e. The third kappa shape index (κ3) is 4.50. The number of para-hydroxylation sites is 1. The van der Waals surface area contributed by atoms with Crippen molar-refractivity contribution in [2.24, 2.45) is 0 Å². The number of piperidine rings is 1. The SMILES string of the molecule is CNc1nc([C@H]2CCCN(C)C2)nc2c1CN(C(=O)COc1ccccc1)CC2. The zero-order valence-corrected chi connectivity index (χ0v) is 17.2. The molecule has 0 aliphatic carbocycles. The first-order valence-corrected chi connectivity index (χ1v) is 10.4. The van der Waals surface area contributed by atoms with E-state index < -0.39 is 0 Å². The van der Waals surface area contributed by atoms with Crippen LogP contribution in [0.5, 0.6) is 5.75 Å². The molecule has 29 heavy (non-hydrogen) atoms. The molecule has 2 aromatic rings. The number of carbonyl (C=O) groups is 1. The number of rotatable bonds is 5. The molecule has 0 bridgehead atoms. The molecule has 1 amide bonds. The molecular weight excluding hydrogens is 366 g/mol. The van der Waals surface area contributed by atoms with E-state index >= 15 is 0 Å². The number of benzene rings is 1. The van der Waals surface area contributed by atoms with Crippen molar-refractivity contribution in [3.05, 3.63) is 47.4 Å². The average molecular weight is 396 g/mol. The Morgan fingerprint density at radius 2 is 2.07 bits per heavy atom. The van der Waals surface area contributed by atoms with E-state index in [0.717, 1.165) is 48.8 Å². The monoisotopic (exact) mass is 395 g/mol. The fourth-order valence-corrected chi connectivity index (χ4v) is 4.17. The molecule has 3 heterocycles. The van der Waals surface area contributed by atoms with Crippen molar-refractivity contribution in [3.8, 4) is 5.75 Å². The van der Waals surface area contributed by atoms with Gasteiger partial charge in [-0.1, -0.05) is 18.2 Å². The molecule has 0 spiro atoms. The summed E-state index contributed by atoms with van der Waals surface area (Å²) in [5, 5.41) is 3.23. The van der Waals surface area contributed by atoms with Crippen LogP contribution in [0.3, 0.4) is 0 Å². The van der Waals surface area contributed by atoms with Gasteiger partial charge in [0.1, 0.15) is 17.4 Å². The first-order valence-electron chi connectivity index (χ1n) is 10.4. The highest BCUT2D eigenvalue weighted by Crippen LogP contribution is 2.29. The summed E-state index contributed by atoms with van der Waals surface area (Å²) >= 11 is 0. The van der Waals surface area contributed by atoms with Gasteiger partial charge in [0, 0.05) is 38.0 Å². The quantitative estimate of drug-likeness (QED) is 0.838. The second-order valence-electron chi connectivity index (χ2n) is 7.87. The summed E-state index contributed by atoms with van der Waals surface area (Å²) in [6.45, 7) is 3.37. The Morgan fingerprint density at radius 3 is 2.83 bits per heavy atom. The average Bonchev–Trinajstić information content (AvgIpc) is 2.77. The lowest BCUT2D eigenvalue weighted by atomic mass is 9.96. The summed E-state index contributed by atoms with van der Waals surface area (Å²) in [4.78, 5) is 26.6. The first-order chi connectivity index (χ1) is 14.1. The highest BCUT2D eigenvalue weighted by atomic mass is 16.5. The largest absolute Gasteiger partial charge is 0.484 e. The fourth-order valence-electron chi connectivity index (χ4n) is 4.17. The van der Waals surface area contributed by atoms with Crippen molar-refractivity contribution >= 4 is 11.7 Å². The number of nitrogens with one attached hydrogen (secondary N) is 1. The Morgan fingerprint density at radius 1 is 1.24 bits per heavy atom. The molecule has 0 unspecified atom stereocenters. The molecule has 2 aliphatic rings. The predicted molar refractivity (Wildman–Crippen MR) is 112 cm³/mol. The van der Waals surface area contributed by atoms with Crippen molar-refractivity contribution in [2.75, 3.05) is 45.7 Å². The van der Waals surface area contributed by atoms with E-state index in [1.807, 2.05) is 42.3 Å². The van der Waals surface area contributed by atoms with E-state index in [4.69, 9.17) is 14.7 Å². The van der Waals surface area contributed by atoms with Crippen LogP contribution < -0.4 is 10.1 Å². The van der Waals surface area contributed by atoms with Crippen molar-refractivity contribution in [3.63, 3.8) is 0 Å². The van der Waals surface area contributed by atoms with Gasteiger partial charge in [-0.05, 0) is 38.6 Å². The van der Waals surface area contributed by atoms with Crippen LogP contribution in [-0.2, 0) is 17.8 Å². The molecule has 154 valence electrons. The number of aromatic nitrogens is 2. The second kappa shape index (κ2) is 8.78. The first kappa shape index (κ1) is 19.6. The van der Waals surface area contributed by atoms with Crippen LogP contribution in [0, 0.1) is 0 Å². The Balaban J connectivity index is 1.46. The van der Waals surface area contributed by atoms with Crippen LogP contribution in [0.4, 0.5) is 5.82 Å². The zero-order valence-electron chi connectivity index (χ0n) is 17.2. The van der Waals surface area contributed by atoms with Crippen molar-refractivity contribution in [1.29, 1.82) is 0 Å². The van der Waals surface area contributed by atoms with Crippen LogP contribution in [0.15, 0.2) is 30.3 Å². The molecule has 1 atom stereocenters.